The zero-order chi connectivity index (χ0) is 25.5. The fourth-order valence-corrected chi connectivity index (χ4v) is 6.28. The normalized spacial score (nSPS) is 16.1. The van der Waals surface area contributed by atoms with E-state index in [2.05, 4.69) is 37.3 Å². The second kappa shape index (κ2) is 12.4. The number of likely N-dealkylation sites (tertiary alicyclic amines) is 1. The second-order valence-corrected chi connectivity index (χ2v) is 11.0. The van der Waals surface area contributed by atoms with Gasteiger partial charge in [0.25, 0.3) is 5.91 Å². The summed E-state index contributed by atoms with van der Waals surface area (Å²) in [6.45, 7) is 5.17. The van der Waals surface area contributed by atoms with Gasteiger partial charge in [-0.2, -0.15) is 0 Å². The molecular weight excluding hydrogens is 502 g/mol. The third-order valence-electron chi connectivity index (χ3n) is 6.54. The van der Waals surface area contributed by atoms with Gasteiger partial charge in [0.1, 0.15) is 10.7 Å². The van der Waals surface area contributed by atoms with Gasteiger partial charge in [0.05, 0.1) is 5.75 Å². The van der Waals surface area contributed by atoms with Crippen LogP contribution in [0.4, 0.5) is 0 Å². The smallest absolute Gasteiger partial charge is 0.270 e. The topological polar surface area (TPSA) is 88.8 Å². The largest absolute Gasteiger partial charge is 0.351 e. The monoisotopic (exact) mass is 533 g/mol. The number of para-hydroxylation sites is 1. The molecule has 0 spiro atoms. The maximum absolute atomic E-state index is 12.6. The number of carbonyl (C=O) groups excluding carboxylic acids is 1. The number of piperidine rings is 1. The molecule has 0 saturated carbocycles. The number of carbonyl (C=O) groups is 1. The van der Waals surface area contributed by atoms with E-state index in [9.17, 15) is 4.79 Å². The summed E-state index contributed by atoms with van der Waals surface area (Å²) in [7, 11) is 0. The molecule has 1 unspecified atom stereocenters. The Balaban J connectivity index is 1.19. The minimum absolute atomic E-state index is 0.105. The fourth-order valence-electron chi connectivity index (χ4n) is 4.53. The van der Waals surface area contributed by atoms with Crippen molar-refractivity contribution < 1.29 is 4.79 Å². The molecule has 1 saturated heterocycles. The van der Waals surface area contributed by atoms with Gasteiger partial charge in [-0.1, -0.05) is 36.4 Å². The van der Waals surface area contributed by atoms with Crippen molar-refractivity contribution in [2.24, 2.45) is 0 Å². The van der Waals surface area contributed by atoms with Crippen molar-refractivity contribution in [3.63, 3.8) is 0 Å². The van der Waals surface area contributed by atoms with Crippen molar-refractivity contribution in [3.05, 3.63) is 70.9 Å². The number of nitrogens with zero attached hydrogens (tertiary/aromatic N) is 6. The van der Waals surface area contributed by atoms with E-state index in [1.54, 1.807) is 24.2 Å². The predicted molar refractivity (Wildman–Crippen MR) is 148 cm³/mol. The highest BCUT2D eigenvalue weighted by atomic mass is 32.2. The van der Waals surface area contributed by atoms with Crippen molar-refractivity contribution in [1.29, 1.82) is 0 Å². The lowest BCUT2D eigenvalue weighted by molar-refractivity contribution is 0.0944. The highest BCUT2D eigenvalue weighted by Crippen LogP contribution is 2.30. The number of amides is 1. The van der Waals surface area contributed by atoms with E-state index in [1.165, 1.54) is 37.1 Å². The van der Waals surface area contributed by atoms with Crippen molar-refractivity contribution in [2.45, 2.75) is 49.6 Å². The van der Waals surface area contributed by atoms with E-state index in [4.69, 9.17) is 0 Å². The number of benzene rings is 1. The number of rotatable bonds is 10. The summed E-state index contributed by atoms with van der Waals surface area (Å²) < 4.78 is 2.05. The van der Waals surface area contributed by atoms with Gasteiger partial charge in [0.15, 0.2) is 11.0 Å². The number of hydrogen-bond acceptors (Lipinski definition) is 8. The third kappa shape index (κ3) is 6.44. The molecule has 1 atom stereocenters. The molecule has 8 nitrogen and oxygen atoms in total. The van der Waals surface area contributed by atoms with Gasteiger partial charge < -0.3 is 10.2 Å². The van der Waals surface area contributed by atoms with Gasteiger partial charge >= 0.3 is 0 Å². The summed E-state index contributed by atoms with van der Waals surface area (Å²) in [4.78, 5) is 23.9. The Bertz CT molecular complexity index is 1290. The van der Waals surface area contributed by atoms with Crippen LogP contribution in [0.15, 0.2) is 65.4 Å². The third-order valence-corrected chi connectivity index (χ3v) is 8.52. The van der Waals surface area contributed by atoms with Crippen LogP contribution >= 0.6 is 23.1 Å². The van der Waals surface area contributed by atoms with Crippen molar-refractivity contribution >= 4 is 29.0 Å². The average molecular weight is 534 g/mol. The minimum atomic E-state index is -0.105. The fraction of sp³-hybridized carbons (Fsp3) is 0.370. The Morgan fingerprint density at radius 1 is 1.14 bits per heavy atom. The standard InChI is InChI=1S/C27H31N7OS2/c1-20-8-5-6-16-33(20)17-7-13-29-26(35)23-18-36-24(30-23)19-37-27-32-31-25(21-11-14-28-15-12-21)34(27)22-9-3-2-4-10-22/h2-4,9-12,14-15,18,20H,5-8,13,16-17,19H2,1H3,(H,29,35). The molecule has 0 radical (unpaired) electrons. The van der Waals surface area contributed by atoms with E-state index in [0.29, 0.717) is 24.0 Å². The first-order chi connectivity index (χ1) is 18.2. The first kappa shape index (κ1) is 25.6. The molecule has 1 aliphatic heterocycles. The number of aromatic nitrogens is 5. The van der Waals surface area contributed by atoms with Crippen molar-refractivity contribution in [3.8, 4) is 17.1 Å². The van der Waals surface area contributed by atoms with Crippen LogP contribution in [0.5, 0.6) is 0 Å². The molecule has 4 aromatic rings. The molecule has 1 N–H and O–H groups in total. The Morgan fingerprint density at radius 3 is 2.78 bits per heavy atom. The van der Waals surface area contributed by atoms with Gasteiger partial charge in [-0.15, -0.1) is 21.5 Å². The maximum Gasteiger partial charge on any atom is 0.270 e. The minimum Gasteiger partial charge on any atom is -0.351 e. The van der Waals surface area contributed by atoms with Gasteiger partial charge in [-0.05, 0) is 57.0 Å². The Labute approximate surface area is 225 Å². The van der Waals surface area contributed by atoms with E-state index in [1.807, 2.05) is 52.4 Å². The van der Waals surface area contributed by atoms with E-state index >= 15 is 0 Å². The zero-order valence-corrected chi connectivity index (χ0v) is 22.5. The molecule has 4 heterocycles. The highest BCUT2D eigenvalue weighted by Gasteiger charge is 2.19. The first-order valence-electron chi connectivity index (χ1n) is 12.7. The molecule has 1 fully saturated rings. The Kier molecular flexibility index (Phi) is 8.60. The number of nitrogens with one attached hydrogen (secondary N) is 1. The lowest BCUT2D eigenvalue weighted by atomic mass is 10.0. The quantitative estimate of drug-likeness (QED) is 0.225. The zero-order valence-electron chi connectivity index (χ0n) is 20.9. The summed E-state index contributed by atoms with van der Waals surface area (Å²) in [6.07, 6.45) is 8.35. The second-order valence-electron chi connectivity index (χ2n) is 9.12. The molecule has 3 aromatic heterocycles. The van der Waals surface area contributed by atoms with Crippen LogP contribution < -0.4 is 5.32 Å². The molecule has 1 amide bonds. The van der Waals surface area contributed by atoms with Crippen LogP contribution in [0.2, 0.25) is 0 Å². The highest BCUT2D eigenvalue weighted by molar-refractivity contribution is 7.98. The van der Waals surface area contributed by atoms with Gasteiger partial charge in [0, 0.05) is 48.2 Å². The van der Waals surface area contributed by atoms with Crippen LogP contribution in [-0.2, 0) is 5.75 Å². The SMILES string of the molecule is CC1CCCCN1CCCNC(=O)c1csc(CSc2nnc(-c3ccncc3)n2-c2ccccc2)n1. The number of thioether (sulfide) groups is 1. The molecule has 37 heavy (non-hydrogen) atoms. The Morgan fingerprint density at radius 2 is 1.97 bits per heavy atom. The lowest BCUT2D eigenvalue weighted by Crippen LogP contribution is -2.39. The van der Waals surface area contributed by atoms with Crippen LogP contribution in [-0.4, -0.2) is 61.2 Å². The summed E-state index contributed by atoms with van der Waals surface area (Å²) in [5, 5.41) is 15.5. The summed E-state index contributed by atoms with van der Waals surface area (Å²) in [5.74, 6) is 1.26. The molecule has 0 bridgehead atoms. The maximum atomic E-state index is 12.6. The van der Waals surface area contributed by atoms with Gasteiger partial charge in [-0.3, -0.25) is 14.3 Å². The number of pyridine rings is 1. The van der Waals surface area contributed by atoms with Crippen LogP contribution in [0.3, 0.4) is 0 Å². The Hall–Kier alpha value is -3.08. The number of hydrogen-bond donors (Lipinski definition) is 1. The van der Waals surface area contributed by atoms with Gasteiger partial charge in [-0.25, -0.2) is 4.98 Å². The molecule has 1 aliphatic rings. The molecule has 10 heteroatoms. The van der Waals surface area contributed by atoms with Crippen LogP contribution in [0.1, 0.15) is 48.1 Å². The average Bonchev–Trinajstić information content (AvgIpc) is 3.59. The van der Waals surface area contributed by atoms with Crippen LogP contribution in [0.25, 0.3) is 17.1 Å². The van der Waals surface area contributed by atoms with E-state index in [-0.39, 0.29) is 5.91 Å². The number of thiazole rings is 1. The first-order valence-corrected chi connectivity index (χ1v) is 14.6. The molecule has 1 aromatic carbocycles. The van der Waals surface area contributed by atoms with Crippen LogP contribution in [0, 0.1) is 0 Å². The summed E-state index contributed by atoms with van der Waals surface area (Å²) >= 11 is 3.05. The predicted octanol–water partition coefficient (Wildman–Crippen LogP) is 5.07. The van der Waals surface area contributed by atoms with E-state index < -0.39 is 0 Å². The lowest BCUT2D eigenvalue weighted by Gasteiger charge is -2.33. The molecule has 5 rings (SSSR count). The van der Waals surface area contributed by atoms with Crippen molar-refractivity contribution in [2.75, 3.05) is 19.6 Å². The van der Waals surface area contributed by atoms with Gasteiger partial charge in [0.2, 0.25) is 0 Å². The molecule has 192 valence electrons. The van der Waals surface area contributed by atoms with E-state index in [0.717, 1.165) is 40.2 Å². The summed E-state index contributed by atoms with van der Waals surface area (Å²) in [6, 6.07) is 14.6. The molecular formula is C27H31N7OS2. The van der Waals surface area contributed by atoms with Crippen molar-refractivity contribution in [1.82, 2.24) is 34.9 Å². The summed E-state index contributed by atoms with van der Waals surface area (Å²) in [5.41, 5.74) is 2.41. The molecule has 0 aliphatic carbocycles.